The van der Waals surface area contributed by atoms with Gasteiger partial charge in [-0.05, 0) is 0 Å². The summed E-state index contributed by atoms with van der Waals surface area (Å²) in [4.78, 5) is 10.2. The number of hydrogen-bond acceptors (Lipinski definition) is 3. The second-order valence-corrected chi connectivity index (χ2v) is 5.04. The first-order valence-electron chi connectivity index (χ1n) is 3.07. The average molecular weight is 215 g/mol. The highest BCUT2D eigenvalue weighted by molar-refractivity contribution is 7.92. The molecular formula is C6H8F3NO2S. The van der Waals surface area contributed by atoms with Gasteiger partial charge in [-0.2, -0.15) is 13.2 Å². The van der Waals surface area contributed by atoms with Gasteiger partial charge in [-0.15, -0.1) is 0 Å². The molecule has 0 aliphatic rings. The molecule has 0 aromatic heterocycles. The standard InChI is InChI=1S/C6H8F3NO2S/c1-13(2,12)10-4-3-5(11)6(7,8)9/h3-4H,1-2H3/b4-3+. The Morgan fingerprint density at radius 2 is 1.85 bits per heavy atom. The molecule has 0 aromatic carbocycles. The predicted octanol–water partition coefficient (Wildman–Crippen LogP) is 1.36. The summed E-state index contributed by atoms with van der Waals surface area (Å²) < 4.78 is 48.7. The van der Waals surface area contributed by atoms with E-state index in [2.05, 4.69) is 4.36 Å². The van der Waals surface area contributed by atoms with Crippen LogP contribution in [0.1, 0.15) is 0 Å². The molecule has 0 bridgehead atoms. The lowest BCUT2D eigenvalue weighted by Gasteiger charge is -1.98. The first-order valence-corrected chi connectivity index (χ1v) is 5.40. The highest BCUT2D eigenvalue weighted by Crippen LogP contribution is 2.16. The molecule has 0 aromatic rings. The minimum Gasteiger partial charge on any atom is -0.285 e. The van der Waals surface area contributed by atoms with Gasteiger partial charge in [0.15, 0.2) is 0 Å². The quantitative estimate of drug-likeness (QED) is 0.653. The van der Waals surface area contributed by atoms with Crippen LogP contribution in [0.5, 0.6) is 0 Å². The Kier molecular flexibility index (Phi) is 3.65. The molecule has 0 rings (SSSR count). The summed E-state index contributed by atoms with van der Waals surface area (Å²) in [6.45, 7) is 0. The van der Waals surface area contributed by atoms with Crippen molar-refractivity contribution in [2.24, 2.45) is 4.36 Å². The first kappa shape index (κ1) is 12.2. The van der Waals surface area contributed by atoms with Gasteiger partial charge in [-0.25, -0.2) is 8.57 Å². The largest absolute Gasteiger partial charge is 0.454 e. The smallest absolute Gasteiger partial charge is 0.285 e. The first-order chi connectivity index (χ1) is 5.63. The second kappa shape index (κ2) is 3.91. The lowest BCUT2D eigenvalue weighted by molar-refractivity contribution is -0.165. The van der Waals surface area contributed by atoms with Crippen LogP contribution in [0.25, 0.3) is 0 Å². The Hall–Kier alpha value is -0.850. The maximum absolute atomic E-state index is 11.6. The highest BCUT2D eigenvalue weighted by atomic mass is 32.2. The number of nitrogens with zero attached hydrogens (tertiary/aromatic N) is 1. The number of hydrogen-bond donors (Lipinski definition) is 0. The van der Waals surface area contributed by atoms with E-state index in [1.807, 2.05) is 0 Å². The van der Waals surface area contributed by atoms with E-state index in [4.69, 9.17) is 0 Å². The van der Waals surface area contributed by atoms with E-state index in [1.165, 1.54) is 12.5 Å². The van der Waals surface area contributed by atoms with Crippen molar-refractivity contribution in [2.75, 3.05) is 12.5 Å². The molecule has 0 atom stereocenters. The molecule has 0 aliphatic carbocycles. The lowest BCUT2D eigenvalue weighted by Crippen LogP contribution is -2.19. The molecule has 76 valence electrons. The van der Waals surface area contributed by atoms with Gasteiger partial charge >= 0.3 is 6.18 Å². The number of rotatable bonds is 2. The van der Waals surface area contributed by atoms with Crippen molar-refractivity contribution >= 4 is 15.5 Å². The number of allylic oxidation sites excluding steroid dienone is 1. The summed E-state index contributed by atoms with van der Waals surface area (Å²) in [5, 5.41) is 0. The zero-order chi connectivity index (χ0) is 10.7. The Morgan fingerprint density at radius 3 is 2.15 bits per heavy atom. The van der Waals surface area contributed by atoms with E-state index >= 15 is 0 Å². The summed E-state index contributed by atoms with van der Waals surface area (Å²) in [6.07, 6.45) is -1.55. The van der Waals surface area contributed by atoms with E-state index < -0.39 is 21.7 Å². The van der Waals surface area contributed by atoms with Gasteiger partial charge in [0.25, 0.3) is 5.78 Å². The van der Waals surface area contributed by atoms with E-state index in [0.29, 0.717) is 6.20 Å². The Morgan fingerprint density at radius 1 is 1.38 bits per heavy atom. The van der Waals surface area contributed by atoms with Crippen molar-refractivity contribution in [3.63, 3.8) is 0 Å². The zero-order valence-electron chi connectivity index (χ0n) is 6.96. The summed E-state index contributed by atoms with van der Waals surface area (Å²) in [6, 6.07) is 0. The molecule has 3 nitrogen and oxygen atoms in total. The van der Waals surface area contributed by atoms with Crippen molar-refractivity contribution in [2.45, 2.75) is 6.18 Å². The van der Waals surface area contributed by atoms with Crippen molar-refractivity contribution in [3.8, 4) is 0 Å². The molecule has 0 heterocycles. The molecule has 0 unspecified atom stereocenters. The SMILES string of the molecule is CS(C)(=O)=N/C=C/C(=O)C(F)(F)F. The van der Waals surface area contributed by atoms with E-state index in [9.17, 15) is 22.2 Å². The van der Waals surface area contributed by atoms with Gasteiger partial charge in [0.05, 0.1) is 0 Å². The van der Waals surface area contributed by atoms with Crippen LogP contribution in [0.2, 0.25) is 0 Å². The summed E-state index contributed by atoms with van der Waals surface area (Å²) in [7, 11) is -2.50. The van der Waals surface area contributed by atoms with Crippen LogP contribution >= 0.6 is 0 Å². The molecule has 0 saturated carbocycles. The van der Waals surface area contributed by atoms with Gasteiger partial charge in [0.2, 0.25) is 0 Å². The molecule has 7 heteroatoms. The zero-order valence-corrected chi connectivity index (χ0v) is 7.78. The van der Waals surface area contributed by atoms with Gasteiger partial charge in [-0.3, -0.25) is 4.79 Å². The fraction of sp³-hybridized carbons (Fsp3) is 0.500. The van der Waals surface area contributed by atoms with Crippen molar-refractivity contribution in [1.29, 1.82) is 0 Å². The van der Waals surface area contributed by atoms with Crippen LogP contribution in [0.4, 0.5) is 13.2 Å². The van der Waals surface area contributed by atoms with Crippen LogP contribution < -0.4 is 0 Å². The fourth-order valence-corrected chi connectivity index (χ4v) is 0.693. The molecule has 13 heavy (non-hydrogen) atoms. The number of carbonyl (C=O) groups is 1. The Bertz CT molecular complexity index is 328. The normalized spacial score (nSPS) is 13.3. The van der Waals surface area contributed by atoms with Crippen LogP contribution in [-0.2, 0) is 14.5 Å². The molecular weight excluding hydrogens is 207 g/mol. The monoisotopic (exact) mass is 215 g/mol. The van der Waals surface area contributed by atoms with Crippen molar-refractivity contribution in [1.82, 2.24) is 0 Å². The molecule has 0 radical (unpaired) electrons. The van der Waals surface area contributed by atoms with E-state index in [-0.39, 0.29) is 6.08 Å². The van der Waals surface area contributed by atoms with Gasteiger partial charge < -0.3 is 0 Å². The third-order valence-corrected chi connectivity index (χ3v) is 1.45. The second-order valence-electron chi connectivity index (χ2n) is 2.46. The highest BCUT2D eigenvalue weighted by Gasteiger charge is 2.35. The predicted molar refractivity (Wildman–Crippen MR) is 42.6 cm³/mol. The van der Waals surface area contributed by atoms with Crippen LogP contribution in [0.15, 0.2) is 16.6 Å². The van der Waals surface area contributed by atoms with Crippen LogP contribution in [0.3, 0.4) is 0 Å². The lowest BCUT2D eigenvalue weighted by atomic mass is 10.4. The summed E-state index contributed by atoms with van der Waals surface area (Å²) in [5.74, 6) is -2.01. The van der Waals surface area contributed by atoms with Crippen molar-refractivity contribution < 1.29 is 22.2 Å². The molecule has 0 spiro atoms. The maximum Gasteiger partial charge on any atom is 0.454 e. The Labute approximate surface area is 73.8 Å². The number of alkyl halides is 3. The van der Waals surface area contributed by atoms with Gasteiger partial charge in [0.1, 0.15) is 0 Å². The minimum atomic E-state index is -4.89. The molecule has 0 N–H and O–H groups in total. The average Bonchev–Trinajstić information content (AvgIpc) is 1.82. The fourth-order valence-electron chi connectivity index (χ4n) is 0.339. The topological polar surface area (TPSA) is 46.5 Å². The molecule has 0 fully saturated rings. The third-order valence-electron chi connectivity index (χ3n) is 0.820. The number of halogens is 3. The molecule has 0 amide bonds. The number of ketones is 1. The third kappa shape index (κ3) is 6.32. The summed E-state index contributed by atoms with van der Waals surface area (Å²) in [5.41, 5.74) is 0. The van der Waals surface area contributed by atoms with Crippen molar-refractivity contribution in [3.05, 3.63) is 12.3 Å². The van der Waals surface area contributed by atoms with Crippen LogP contribution in [-0.4, -0.2) is 28.7 Å². The Balaban J connectivity index is 4.51. The molecule has 0 saturated heterocycles. The van der Waals surface area contributed by atoms with Gasteiger partial charge in [0, 0.05) is 34.5 Å². The maximum atomic E-state index is 11.6. The molecule has 0 aliphatic heterocycles. The summed E-state index contributed by atoms with van der Waals surface area (Å²) >= 11 is 0. The minimum absolute atomic E-state index is 0.243. The number of carbonyl (C=O) groups excluding carboxylic acids is 1. The van der Waals surface area contributed by atoms with Crippen LogP contribution in [0, 0.1) is 0 Å². The van der Waals surface area contributed by atoms with E-state index in [1.54, 1.807) is 0 Å². The van der Waals surface area contributed by atoms with E-state index in [0.717, 1.165) is 0 Å². The van der Waals surface area contributed by atoms with Gasteiger partial charge in [-0.1, -0.05) is 0 Å².